The maximum Gasteiger partial charge on any atom is 0.0974 e. The van der Waals surface area contributed by atoms with Crippen molar-refractivity contribution in [2.24, 2.45) is 0 Å². The molecule has 2 aromatic heterocycles. The number of pyridine rings is 2. The molecular formula is C26H21FN2. The van der Waals surface area contributed by atoms with Crippen molar-refractivity contribution in [3.05, 3.63) is 96.3 Å². The lowest BCUT2D eigenvalue weighted by atomic mass is 9.95. The van der Waals surface area contributed by atoms with Crippen LogP contribution in [0.3, 0.4) is 0 Å². The Balaban J connectivity index is 0.00000205. The van der Waals surface area contributed by atoms with Crippen LogP contribution in [0.2, 0.25) is 0 Å². The lowest BCUT2D eigenvalue weighted by molar-refractivity contribution is 1.11. The zero-order chi connectivity index (χ0) is 19.1. The molecule has 142 valence electrons. The fourth-order valence-corrected chi connectivity index (χ4v) is 3.94. The van der Waals surface area contributed by atoms with Gasteiger partial charge in [0.05, 0.1) is 11.0 Å². The summed E-state index contributed by atoms with van der Waals surface area (Å²) in [5.41, 5.74) is 8.76. The molecule has 29 heavy (non-hydrogen) atoms. The van der Waals surface area contributed by atoms with E-state index in [-0.39, 0.29) is 4.70 Å². The summed E-state index contributed by atoms with van der Waals surface area (Å²) in [7, 11) is 0. The second-order valence-corrected chi connectivity index (χ2v) is 7.21. The van der Waals surface area contributed by atoms with E-state index in [0.717, 1.165) is 33.2 Å². The minimum Gasteiger partial charge on any atom is -0.269 e. The molecule has 0 aliphatic carbocycles. The van der Waals surface area contributed by atoms with Crippen LogP contribution < -0.4 is 0 Å². The van der Waals surface area contributed by atoms with Gasteiger partial charge in [0.15, 0.2) is 0 Å². The van der Waals surface area contributed by atoms with E-state index in [4.69, 9.17) is 9.97 Å². The SMILES string of the molecule is Cc1cc(-c2ccccc2)c2ccc3c(-c4ccccc4)cc(C)nc3c2n1.F. The van der Waals surface area contributed by atoms with E-state index in [2.05, 4.69) is 86.6 Å². The highest BCUT2D eigenvalue weighted by atomic mass is 19.0. The van der Waals surface area contributed by atoms with Crippen LogP contribution in [0, 0.1) is 13.8 Å². The Morgan fingerprint density at radius 2 is 0.897 bits per heavy atom. The van der Waals surface area contributed by atoms with Gasteiger partial charge < -0.3 is 0 Å². The van der Waals surface area contributed by atoms with Gasteiger partial charge in [0.2, 0.25) is 0 Å². The van der Waals surface area contributed by atoms with Gasteiger partial charge >= 0.3 is 0 Å². The Morgan fingerprint density at radius 1 is 0.517 bits per heavy atom. The van der Waals surface area contributed by atoms with Crippen LogP contribution >= 0.6 is 0 Å². The molecule has 0 aliphatic heterocycles. The number of aryl methyl sites for hydroxylation is 2. The van der Waals surface area contributed by atoms with E-state index in [1.165, 1.54) is 22.3 Å². The monoisotopic (exact) mass is 380 g/mol. The molecule has 3 heteroatoms. The highest BCUT2D eigenvalue weighted by Gasteiger charge is 2.13. The summed E-state index contributed by atoms with van der Waals surface area (Å²) < 4.78 is 0. The van der Waals surface area contributed by atoms with Gasteiger partial charge in [0, 0.05) is 22.2 Å². The molecule has 0 fully saturated rings. The molecule has 2 nitrogen and oxygen atoms in total. The molecule has 5 aromatic rings. The second kappa shape index (κ2) is 7.44. The molecule has 0 saturated carbocycles. The average Bonchev–Trinajstić information content (AvgIpc) is 2.74. The van der Waals surface area contributed by atoms with Crippen LogP contribution in [-0.2, 0) is 0 Å². The summed E-state index contributed by atoms with van der Waals surface area (Å²) in [6, 6.07) is 29.7. The fourth-order valence-electron chi connectivity index (χ4n) is 3.94. The highest BCUT2D eigenvalue weighted by Crippen LogP contribution is 2.36. The van der Waals surface area contributed by atoms with E-state index in [1.807, 2.05) is 12.1 Å². The average molecular weight is 380 g/mol. The lowest BCUT2D eigenvalue weighted by Crippen LogP contribution is -1.94. The first-order chi connectivity index (χ1) is 13.7. The van der Waals surface area contributed by atoms with Gasteiger partial charge in [-0.1, -0.05) is 72.8 Å². The Labute approximate surface area is 169 Å². The van der Waals surface area contributed by atoms with Gasteiger partial charge in [-0.25, -0.2) is 0 Å². The number of hydrogen-bond acceptors (Lipinski definition) is 2. The Hall–Kier alpha value is -3.59. The molecule has 0 aliphatic rings. The van der Waals surface area contributed by atoms with Gasteiger partial charge in [-0.3, -0.25) is 14.7 Å². The third kappa shape index (κ3) is 3.25. The quantitative estimate of drug-likeness (QED) is 0.312. The third-order valence-corrected chi connectivity index (χ3v) is 5.18. The van der Waals surface area contributed by atoms with Crippen LogP contribution in [0.25, 0.3) is 44.1 Å². The molecule has 3 aromatic carbocycles. The molecule has 0 atom stereocenters. The first kappa shape index (κ1) is 18.8. The number of benzene rings is 3. The maximum absolute atomic E-state index is 4.90. The van der Waals surface area contributed by atoms with Crippen molar-refractivity contribution in [3.8, 4) is 22.3 Å². The zero-order valence-electron chi connectivity index (χ0n) is 16.4. The van der Waals surface area contributed by atoms with Crippen LogP contribution in [-0.4, -0.2) is 9.97 Å². The first-order valence-electron chi connectivity index (χ1n) is 9.53. The van der Waals surface area contributed by atoms with Gasteiger partial charge in [0.1, 0.15) is 0 Å². The molecule has 0 amide bonds. The summed E-state index contributed by atoms with van der Waals surface area (Å²) >= 11 is 0. The summed E-state index contributed by atoms with van der Waals surface area (Å²) in [4.78, 5) is 9.81. The van der Waals surface area contributed by atoms with Crippen molar-refractivity contribution < 1.29 is 4.70 Å². The summed E-state index contributed by atoms with van der Waals surface area (Å²) in [5, 5.41) is 2.28. The predicted molar refractivity (Wildman–Crippen MR) is 120 cm³/mol. The maximum atomic E-state index is 4.90. The Kier molecular flexibility index (Phi) is 4.81. The van der Waals surface area contributed by atoms with Crippen LogP contribution in [0.4, 0.5) is 4.70 Å². The van der Waals surface area contributed by atoms with E-state index in [9.17, 15) is 0 Å². The van der Waals surface area contributed by atoms with Crippen molar-refractivity contribution in [1.82, 2.24) is 9.97 Å². The minimum absolute atomic E-state index is 0. The summed E-state index contributed by atoms with van der Waals surface area (Å²) in [5.74, 6) is 0. The summed E-state index contributed by atoms with van der Waals surface area (Å²) in [6.07, 6.45) is 0. The molecule has 0 saturated heterocycles. The lowest BCUT2D eigenvalue weighted by Gasteiger charge is -2.13. The number of rotatable bonds is 2. The molecule has 0 bridgehead atoms. The molecule has 0 N–H and O–H groups in total. The number of halogens is 1. The van der Waals surface area contributed by atoms with Gasteiger partial charge in [-0.05, 0) is 48.2 Å². The molecule has 0 spiro atoms. The number of hydrogen-bond donors (Lipinski definition) is 0. The van der Waals surface area contributed by atoms with Gasteiger partial charge in [-0.15, -0.1) is 0 Å². The molecule has 2 heterocycles. The van der Waals surface area contributed by atoms with Crippen molar-refractivity contribution >= 4 is 21.8 Å². The van der Waals surface area contributed by atoms with Gasteiger partial charge in [0.25, 0.3) is 0 Å². The number of fused-ring (bicyclic) bond motifs is 3. The Bertz CT molecular complexity index is 1210. The smallest absolute Gasteiger partial charge is 0.0974 e. The highest BCUT2D eigenvalue weighted by molar-refractivity contribution is 6.12. The number of nitrogens with zero attached hydrogens (tertiary/aromatic N) is 2. The van der Waals surface area contributed by atoms with Crippen LogP contribution in [0.5, 0.6) is 0 Å². The van der Waals surface area contributed by atoms with Crippen molar-refractivity contribution in [2.45, 2.75) is 13.8 Å². The topological polar surface area (TPSA) is 25.8 Å². The summed E-state index contributed by atoms with van der Waals surface area (Å²) in [6.45, 7) is 4.11. The molecular weight excluding hydrogens is 359 g/mol. The zero-order valence-corrected chi connectivity index (χ0v) is 16.4. The van der Waals surface area contributed by atoms with E-state index in [0.29, 0.717) is 0 Å². The molecule has 0 radical (unpaired) electrons. The predicted octanol–water partition coefficient (Wildman–Crippen LogP) is 6.89. The first-order valence-corrected chi connectivity index (χ1v) is 9.53. The van der Waals surface area contributed by atoms with Gasteiger partial charge in [-0.2, -0.15) is 0 Å². The van der Waals surface area contributed by atoms with Crippen molar-refractivity contribution in [3.63, 3.8) is 0 Å². The molecule has 5 rings (SSSR count). The normalized spacial score (nSPS) is 10.8. The van der Waals surface area contributed by atoms with Crippen LogP contribution in [0.15, 0.2) is 84.9 Å². The van der Waals surface area contributed by atoms with Crippen LogP contribution in [0.1, 0.15) is 11.4 Å². The minimum atomic E-state index is 0. The second-order valence-electron chi connectivity index (χ2n) is 7.21. The van der Waals surface area contributed by atoms with E-state index in [1.54, 1.807) is 0 Å². The van der Waals surface area contributed by atoms with Crippen molar-refractivity contribution in [1.29, 1.82) is 0 Å². The van der Waals surface area contributed by atoms with E-state index >= 15 is 0 Å². The fraction of sp³-hybridized carbons (Fsp3) is 0.0769. The number of aromatic nitrogens is 2. The van der Waals surface area contributed by atoms with E-state index < -0.39 is 0 Å². The Morgan fingerprint density at radius 3 is 1.28 bits per heavy atom. The molecule has 0 unspecified atom stereocenters. The largest absolute Gasteiger partial charge is 0.269 e. The standard InChI is InChI=1S/C26H20N2.FH/c1-17-15-23(19-9-5-3-6-10-19)21-13-14-22-24(20-11-7-4-8-12-20)16-18(2)28-26(22)25(21)27-17;/h3-16H,1-2H3;1H. The van der Waals surface area contributed by atoms with Crippen molar-refractivity contribution in [2.75, 3.05) is 0 Å². The third-order valence-electron chi connectivity index (χ3n) is 5.18.